The minimum atomic E-state index is 0.216. The summed E-state index contributed by atoms with van der Waals surface area (Å²) in [5.74, 6) is 0.663. The maximum atomic E-state index is 8.62. The fraction of sp³-hybridized carbons (Fsp3) is 1.00. The molecule has 0 radical (unpaired) electrons. The molecule has 0 heterocycles. The Hall–Kier alpha value is -0.0800. The average molecular weight is 173 g/mol. The highest BCUT2D eigenvalue weighted by Crippen LogP contribution is 2.06. The van der Waals surface area contributed by atoms with Gasteiger partial charge in [0.25, 0.3) is 0 Å². The number of nitrogens with one attached hydrogen (secondary N) is 1. The third kappa shape index (κ3) is 8.02. The summed E-state index contributed by atoms with van der Waals surface area (Å²) in [6.07, 6.45) is 2.03. The van der Waals surface area contributed by atoms with Crippen LogP contribution < -0.4 is 5.32 Å². The van der Waals surface area contributed by atoms with Gasteiger partial charge in [-0.2, -0.15) is 0 Å². The van der Waals surface area contributed by atoms with E-state index in [-0.39, 0.29) is 5.54 Å². The van der Waals surface area contributed by atoms with Crippen molar-refractivity contribution in [2.24, 2.45) is 5.92 Å². The van der Waals surface area contributed by atoms with Crippen LogP contribution in [0.25, 0.3) is 0 Å². The Balaban J connectivity index is 3.37. The zero-order valence-electron chi connectivity index (χ0n) is 8.85. The van der Waals surface area contributed by atoms with E-state index in [1.807, 2.05) is 0 Å². The second-order valence-corrected chi connectivity index (χ2v) is 4.60. The first-order valence-corrected chi connectivity index (χ1v) is 4.81. The first-order valence-electron chi connectivity index (χ1n) is 4.81. The molecule has 0 aromatic rings. The molecule has 0 rings (SSSR count). The summed E-state index contributed by atoms with van der Waals surface area (Å²) in [7, 11) is 0. The minimum Gasteiger partial charge on any atom is -0.396 e. The Morgan fingerprint density at radius 2 is 1.92 bits per heavy atom. The molecule has 0 saturated carbocycles. The van der Waals surface area contributed by atoms with E-state index in [0.29, 0.717) is 12.5 Å². The molecule has 0 amide bonds. The highest BCUT2D eigenvalue weighted by Gasteiger charge is 2.10. The summed E-state index contributed by atoms with van der Waals surface area (Å²) in [4.78, 5) is 0. The molecule has 0 bridgehead atoms. The van der Waals surface area contributed by atoms with Crippen molar-refractivity contribution in [1.29, 1.82) is 0 Å². The first kappa shape index (κ1) is 11.9. The molecule has 74 valence electrons. The van der Waals surface area contributed by atoms with Crippen LogP contribution in [-0.2, 0) is 0 Å². The van der Waals surface area contributed by atoms with Crippen LogP contribution in [0.3, 0.4) is 0 Å². The van der Waals surface area contributed by atoms with Crippen LogP contribution in [0.4, 0.5) is 0 Å². The van der Waals surface area contributed by atoms with Gasteiger partial charge in [0.1, 0.15) is 0 Å². The van der Waals surface area contributed by atoms with Crippen molar-refractivity contribution in [3.63, 3.8) is 0 Å². The van der Waals surface area contributed by atoms with Gasteiger partial charge in [-0.25, -0.2) is 0 Å². The number of hydrogen-bond donors (Lipinski definition) is 2. The number of aliphatic hydroxyl groups is 1. The van der Waals surface area contributed by atoms with Gasteiger partial charge in [-0.1, -0.05) is 6.92 Å². The molecule has 0 aromatic carbocycles. The topological polar surface area (TPSA) is 32.3 Å². The van der Waals surface area contributed by atoms with Crippen LogP contribution in [0.2, 0.25) is 0 Å². The zero-order chi connectivity index (χ0) is 9.61. The van der Waals surface area contributed by atoms with Gasteiger partial charge in [0.15, 0.2) is 0 Å². The van der Waals surface area contributed by atoms with Gasteiger partial charge in [0, 0.05) is 12.1 Å². The lowest BCUT2D eigenvalue weighted by molar-refractivity contribution is 0.268. The SMILES string of the molecule is CC(CCCO)CNC(C)(C)C. The monoisotopic (exact) mass is 173 g/mol. The number of hydrogen-bond acceptors (Lipinski definition) is 2. The average Bonchev–Trinajstić information content (AvgIpc) is 1.95. The van der Waals surface area contributed by atoms with Gasteiger partial charge in [-0.15, -0.1) is 0 Å². The molecular weight excluding hydrogens is 150 g/mol. The molecule has 1 atom stereocenters. The predicted octanol–water partition coefficient (Wildman–Crippen LogP) is 1.78. The Bertz CT molecular complexity index is 107. The third-order valence-corrected chi connectivity index (χ3v) is 1.84. The van der Waals surface area contributed by atoms with E-state index in [4.69, 9.17) is 5.11 Å². The van der Waals surface area contributed by atoms with Gasteiger partial charge in [-0.3, -0.25) is 0 Å². The maximum Gasteiger partial charge on any atom is 0.0431 e. The Morgan fingerprint density at radius 3 is 2.33 bits per heavy atom. The molecule has 0 fully saturated rings. The quantitative estimate of drug-likeness (QED) is 0.664. The summed E-state index contributed by atoms with van der Waals surface area (Å²) >= 11 is 0. The predicted molar refractivity (Wildman–Crippen MR) is 53.2 cm³/mol. The fourth-order valence-electron chi connectivity index (χ4n) is 1.02. The summed E-state index contributed by atoms with van der Waals surface area (Å²) < 4.78 is 0. The van der Waals surface area contributed by atoms with E-state index < -0.39 is 0 Å². The smallest absolute Gasteiger partial charge is 0.0431 e. The molecule has 0 spiro atoms. The summed E-state index contributed by atoms with van der Waals surface area (Å²) in [6.45, 7) is 10.1. The number of aliphatic hydroxyl groups excluding tert-OH is 1. The molecule has 0 aliphatic rings. The van der Waals surface area contributed by atoms with E-state index in [1.54, 1.807) is 0 Å². The summed E-state index contributed by atoms with van der Waals surface area (Å²) in [6, 6.07) is 0. The molecular formula is C10H23NO. The lowest BCUT2D eigenvalue weighted by atomic mass is 10.0. The molecule has 12 heavy (non-hydrogen) atoms. The molecule has 0 saturated heterocycles. The lowest BCUT2D eigenvalue weighted by Gasteiger charge is -2.23. The van der Waals surface area contributed by atoms with Crippen molar-refractivity contribution in [2.75, 3.05) is 13.2 Å². The van der Waals surface area contributed by atoms with Gasteiger partial charge in [0.05, 0.1) is 0 Å². The van der Waals surface area contributed by atoms with Crippen molar-refractivity contribution in [2.45, 2.75) is 46.1 Å². The van der Waals surface area contributed by atoms with Gasteiger partial charge in [-0.05, 0) is 46.1 Å². The molecule has 0 aromatic heterocycles. The highest BCUT2D eigenvalue weighted by molar-refractivity contribution is 4.71. The van der Waals surface area contributed by atoms with E-state index in [0.717, 1.165) is 19.4 Å². The third-order valence-electron chi connectivity index (χ3n) is 1.84. The largest absolute Gasteiger partial charge is 0.396 e. The number of rotatable bonds is 5. The summed E-state index contributed by atoms with van der Waals surface area (Å²) in [5.41, 5.74) is 0.216. The molecule has 0 aliphatic heterocycles. The van der Waals surface area contributed by atoms with Crippen LogP contribution in [0.1, 0.15) is 40.5 Å². The van der Waals surface area contributed by atoms with Crippen molar-refractivity contribution < 1.29 is 5.11 Å². The van der Waals surface area contributed by atoms with Crippen LogP contribution in [0.15, 0.2) is 0 Å². The fourth-order valence-corrected chi connectivity index (χ4v) is 1.02. The van der Waals surface area contributed by atoms with Gasteiger partial charge >= 0.3 is 0 Å². The van der Waals surface area contributed by atoms with E-state index in [1.165, 1.54) is 0 Å². The van der Waals surface area contributed by atoms with E-state index in [2.05, 4.69) is 33.0 Å². The van der Waals surface area contributed by atoms with Crippen LogP contribution in [0.5, 0.6) is 0 Å². The van der Waals surface area contributed by atoms with Crippen LogP contribution in [0, 0.1) is 5.92 Å². The van der Waals surface area contributed by atoms with Crippen LogP contribution in [-0.4, -0.2) is 23.8 Å². The van der Waals surface area contributed by atoms with E-state index in [9.17, 15) is 0 Å². The molecule has 2 N–H and O–H groups in total. The highest BCUT2D eigenvalue weighted by atomic mass is 16.2. The zero-order valence-corrected chi connectivity index (χ0v) is 8.85. The Labute approximate surface area is 76.4 Å². The lowest BCUT2D eigenvalue weighted by Crippen LogP contribution is -2.38. The summed E-state index contributed by atoms with van der Waals surface area (Å²) in [5, 5.41) is 12.1. The molecule has 0 aliphatic carbocycles. The normalized spacial score (nSPS) is 14.8. The first-order chi connectivity index (χ1) is 5.45. The van der Waals surface area contributed by atoms with Gasteiger partial charge in [0.2, 0.25) is 0 Å². The van der Waals surface area contributed by atoms with Crippen molar-refractivity contribution in [3.8, 4) is 0 Å². The second kappa shape index (κ2) is 5.55. The van der Waals surface area contributed by atoms with Gasteiger partial charge < -0.3 is 10.4 Å². The van der Waals surface area contributed by atoms with Crippen molar-refractivity contribution in [1.82, 2.24) is 5.32 Å². The minimum absolute atomic E-state index is 0.216. The standard InChI is InChI=1S/C10H23NO/c1-9(6-5-7-12)8-11-10(2,3)4/h9,11-12H,5-8H2,1-4H3. The Kier molecular flexibility index (Phi) is 5.51. The van der Waals surface area contributed by atoms with Crippen molar-refractivity contribution in [3.05, 3.63) is 0 Å². The molecule has 2 heteroatoms. The van der Waals surface area contributed by atoms with Crippen molar-refractivity contribution >= 4 is 0 Å². The molecule has 1 unspecified atom stereocenters. The van der Waals surface area contributed by atoms with Crippen LogP contribution >= 0.6 is 0 Å². The molecule has 2 nitrogen and oxygen atoms in total. The maximum absolute atomic E-state index is 8.62. The van der Waals surface area contributed by atoms with E-state index >= 15 is 0 Å². The second-order valence-electron chi connectivity index (χ2n) is 4.60. The Morgan fingerprint density at radius 1 is 1.33 bits per heavy atom.